The van der Waals surface area contributed by atoms with E-state index in [4.69, 9.17) is 10.3 Å². The van der Waals surface area contributed by atoms with Crippen LogP contribution in [0.15, 0.2) is 16.0 Å². The van der Waals surface area contributed by atoms with Crippen LogP contribution < -0.4 is 5.73 Å². The summed E-state index contributed by atoms with van der Waals surface area (Å²) in [5.41, 5.74) is 8.73. The van der Waals surface area contributed by atoms with E-state index in [-0.39, 0.29) is 0 Å². The zero-order valence-corrected chi connectivity index (χ0v) is 9.02. The summed E-state index contributed by atoms with van der Waals surface area (Å²) >= 11 is 1.68. The standard InChI is InChI=1S/C10H12N2OS/c1-3-7-4-5-14-9(7)8-6(2)10(11)13-12-8/h4-5H,3,11H2,1-2H3. The molecule has 0 aliphatic carbocycles. The molecule has 0 fully saturated rings. The molecule has 0 radical (unpaired) electrons. The van der Waals surface area contributed by atoms with Crippen molar-refractivity contribution >= 4 is 17.2 Å². The molecule has 14 heavy (non-hydrogen) atoms. The maximum Gasteiger partial charge on any atom is 0.225 e. The predicted molar refractivity (Wildman–Crippen MR) is 58.3 cm³/mol. The molecule has 0 aliphatic rings. The van der Waals surface area contributed by atoms with Crippen LogP contribution in [-0.4, -0.2) is 5.16 Å². The fraction of sp³-hybridized carbons (Fsp3) is 0.300. The van der Waals surface area contributed by atoms with Crippen molar-refractivity contribution in [3.05, 3.63) is 22.6 Å². The van der Waals surface area contributed by atoms with E-state index in [1.807, 2.05) is 6.92 Å². The van der Waals surface area contributed by atoms with Crippen molar-refractivity contribution in [2.24, 2.45) is 0 Å². The van der Waals surface area contributed by atoms with Gasteiger partial charge in [-0.1, -0.05) is 12.1 Å². The van der Waals surface area contributed by atoms with Gasteiger partial charge in [0.25, 0.3) is 0 Å². The molecule has 0 spiro atoms. The second kappa shape index (κ2) is 3.46. The number of rotatable bonds is 2. The quantitative estimate of drug-likeness (QED) is 0.825. The smallest absolute Gasteiger partial charge is 0.225 e. The van der Waals surface area contributed by atoms with Crippen LogP contribution in [0.5, 0.6) is 0 Å². The Morgan fingerprint density at radius 3 is 2.93 bits per heavy atom. The second-order valence-corrected chi connectivity index (χ2v) is 4.07. The Labute approximate surface area is 86.5 Å². The number of nitrogens with two attached hydrogens (primary N) is 1. The van der Waals surface area contributed by atoms with Crippen LogP contribution in [0, 0.1) is 6.92 Å². The van der Waals surface area contributed by atoms with Crippen LogP contribution in [-0.2, 0) is 6.42 Å². The van der Waals surface area contributed by atoms with E-state index in [9.17, 15) is 0 Å². The minimum absolute atomic E-state index is 0.412. The van der Waals surface area contributed by atoms with E-state index >= 15 is 0 Å². The highest BCUT2D eigenvalue weighted by molar-refractivity contribution is 7.13. The first-order valence-corrected chi connectivity index (χ1v) is 5.40. The van der Waals surface area contributed by atoms with Gasteiger partial charge in [0.1, 0.15) is 5.69 Å². The fourth-order valence-electron chi connectivity index (χ4n) is 1.38. The molecule has 74 valence electrons. The number of nitrogen functional groups attached to an aromatic ring is 1. The lowest BCUT2D eigenvalue weighted by molar-refractivity contribution is 0.439. The first-order valence-electron chi connectivity index (χ1n) is 4.52. The van der Waals surface area contributed by atoms with Crippen LogP contribution in [0.2, 0.25) is 0 Å². The van der Waals surface area contributed by atoms with Crippen molar-refractivity contribution in [2.45, 2.75) is 20.3 Å². The number of aryl methyl sites for hydroxylation is 1. The van der Waals surface area contributed by atoms with Crippen LogP contribution in [0.3, 0.4) is 0 Å². The van der Waals surface area contributed by atoms with E-state index in [0.29, 0.717) is 5.88 Å². The highest BCUT2D eigenvalue weighted by Gasteiger charge is 2.14. The lowest BCUT2D eigenvalue weighted by Gasteiger charge is -1.96. The van der Waals surface area contributed by atoms with Gasteiger partial charge in [0.15, 0.2) is 0 Å². The van der Waals surface area contributed by atoms with Crippen LogP contribution in [0.1, 0.15) is 18.1 Å². The van der Waals surface area contributed by atoms with Gasteiger partial charge in [0, 0.05) is 5.56 Å². The van der Waals surface area contributed by atoms with Crippen LogP contribution >= 0.6 is 11.3 Å². The summed E-state index contributed by atoms with van der Waals surface area (Å²) in [6, 6.07) is 2.12. The zero-order chi connectivity index (χ0) is 10.1. The second-order valence-electron chi connectivity index (χ2n) is 3.15. The van der Waals surface area contributed by atoms with Crippen molar-refractivity contribution in [3.63, 3.8) is 0 Å². The Hall–Kier alpha value is -1.29. The van der Waals surface area contributed by atoms with Crippen molar-refractivity contribution in [1.29, 1.82) is 0 Å². The predicted octanol–water partition coefficient (Wildman–Crippen LogP) is 2.86. The number of hydrogen-bond donors (Lipinski definition) is 1. The van der Waals surface area contributed by atoms with Crippen molar-refractivity contribution in [2.75, 3.05) is 5.73 Å². The highest BCUT2D eigenvalue weighted by atomic mass is 32.1. The molecular weight excluding hydrogens is 196 g/mol. The number of anilines is 1. The number of hydrogen-bond acceptors (Lipinski definition) is 4. The third-order valence-electron chi connectivity index (χ3n) is 2.30. The highest BCUT2D eigenvalue weighted by Crippen LogP contribution is 2.33. The summed E-state index contributed by atoms with van der Waals surface area (Å²) in [5.74, 6) is 0.412. The molecule has 0 atom stereocenters. The molecule has 0 amide bonds. The molecule has 0 unspecified atom stereocenters. The van der Waals surface area contributed by atoms with Gasteiger partial charge in [-0.15, -0.1) is 11.3 Å². The number of aromatic nitrogens is 1. The maximum absolute atomic E-state index is 5.61. The summed E-state index contributed by atoms with van der Waals surface area (Å²) in [5, 5.41) is 6.04. The van der Waals surface area contributed by atoms with Gasteiger partial charge in [-0.3, -0.25) is 0 Å². The van der Waals surface area contributed by atoms with Gasteiger partial charge >= 0.3 is 0 Å². The molecule has 2 rings (SSSR count). The molecule has 4 heteroatoms. The molecule has 0 aliphatic heterocycles. The van der Waals surface area contributed by atoms with Crippen molar-refractivity contribution in [3.8, 4) is 10.6 Å². The average molecular weight is 208 g/mol. The molecule has 0 saturated heterocycles. The third-order valence-corrected chi connectivity index (χ3v) is 3.27. The van der Waals surface area contributed by atoms with Crippen molar-refractivity contribution in [1.82, 2.24) is 5.16 Å². The molecule has 3 nitrogen and oxygen atoms in total. The Morgan fingerprint density at radius 2 is 2.36 bits per heavy atom. The molecule has 2 aromatic heterocycles. The van der Waals surface area contributed by atoms with E-state index < -0.39 is 0 Å². The van der Waals surface area contributed by atoms with Crippen molar-refractivity contribution < 1.29 is 4.52 Å². The van der Waals surface area contributed by atoms with Gasteiger partial charge in [-0.05, 0) is 30.4 Å². The van der Waals surface area contributed by atoms with Crippen LogP contribution in [0.4, 0.5) is 5.88 Å². The molecule has 2 N–H and O–H groups in total. The van der Waals surface area contributed by atoms with E-state index in [1.54, 1.807) is 11.3 Å². The summed E-state index contributed by atoms with van der Waals surface area (Å²) < 4.78 is 4.95. The molecule has 2 aromatic rings. The SMILES string of the molecule is CCc1ccsc1-c1noc(N)c1C. The summed E-state index contributed by atoms with van der Waals surface area (Å²) in [6.07, 6.45) is 1.00. The number of thiophene rings is 1. The zero-order valence-electron chi connectivity index (χ0n) is 8.20. The maximum atomic E-state index is 5.61. The monoisotopic (exact) mass is 208 g/mol. The molecule has 2 heterocycles. The first kappa shape index (κ1) is 9.27. The van der Waals surface area contributed by atoms with Gasteiger partial charge in [-0.25, -0.2) is 0 Å². The van der Waals surface area contributed by atoms with E-state index in [2.05, 4.69) is 23.5 Å². The lowest BCUT2D eigenvalue weighted by atomic mass is 10.1. The minimum atomic E-state index is 0.412. The Balaban J connectivity index is 2.54. The third kappa shape index (κ3) is 1.32. The Kier molecular flexibility index (Phi) is 2.29. The summed E-state index contributed by atoms with van der Waals surface area (Å²) in [7, 11) is 0. The topological polar surface area (TPSA) is 52.0 Å². The lowest BCUT2D eigenvalue weighted by Crippen LogP contribution is -1.85. The van der Waals surface area contributed by atoms with Crippen LogP contribution in [0.25, 0.3) is 10.6 Å². The first-order chi connectivity index (χ1) is 6.74. The number of nitrogens with zero attached hydrogens (tertiary/aromatic N) is 1. The molecule has 0 bridgehead atoms. The van der Waals surface area contributed by atoms with Gasteiger partial charge in [0.2, 0.25) is 5.88 Å². The molecule has 0 aromatic carbocycles. The summed E-state index contributed by atoms with van der Waals surface area (Å²) in [6.45, 7) is 4.06. The normalized spacial score (nSPS) is 10.7. The molecule has 0 saturated carbocycles. The Bertz CT molecular complexity index is 445. The fourth-order valence-corrected chi connectivity index (χ4v) is 2.42. The molecular formula is C10H12N2OS. The van der Waals surface area contributed by atoms with E-state index in [0.717, 1.165) is 17.7 Å². The minimum Gasteiger partial charge on any atom is -0.367 e. The average Bonchev–Trinajstić information content (AvgIpc) is 2.75. The Morgan fingerprint density at radius 1 is 1.57 bits per heavy atom. The summed E-state index contributed by atoms with van der Waals surface area (Å²) in [4.78, 5) is 1.17. The van der Waals surface area contributed by atoms with Gasteiger partial charge in [0.05, 0.1) is 4.88 Å². The van der Waals surface area contributed by atoms with Gasteiger partial charge in [-0.2, -0.15) is 0 Å². The van der Waals surface area contributed by atoms with E-state index in [1.165, 1.54) is 10.4 Å². The largest absolute Gasteiger partial charge is 0.367 e. The van der Waals surface area contributed by atoms with Gasteiger partial charge < -0.3 is 10.3 Å².